The molecule has 1 heterocycles. The standard InChI is InChI=1S/C14H19ClN4O2.ClH/c1-9(16-2)8-18-13(20)11-7-10(3-4-12(11)15)19-6-5-17-14(19)21;/h3-4,7,9,16H,5-6,8H2,1-2H3,(H,17,21)(H,18,20);1H. The van der Waals surface area contributed by atoms with Crippen molar-refractivity contribution in [3.8, 4) is 0 Å². The summed E-state index contributed by atoms with van der Waals surface area (Å²) in [6, 6.07) is 5.03. The number of urea groups is 1. The minimum Gasteiger partial charge on any atom is -0.350 e. The molecule has 0 bridgehead atoms. The van der Waals surface area contributed by atoms with Crippen LogP contribution in [0.3, 0.4) is 0 Å². The number of carbonyl (C=O) groups is 2. The van der Waals surface area contributed by atoms with E-state index in [1.807, 2.05) is 14.0 Å². The number of carbonyl (C=O) groups excluding carboxylic acids is 2. The van der Waals surface area contributed by atoms with E-state index in [0.29, 0.717) is 35.9 Å². The second kappa shape index (κ2) is 8.22. The van der Waals surface area contributed by atoms with Gasteiger partial charge in [0.25, 0.3) is 5.91 Å². The average molecular weight is 347 g/mol. The second-order valence-electron chi connectivity index (χ2n) is 4.95. The molecule has 1 fully saturated rings. The minimum atomic E-state index is -0.247. The van der Waals surface area contributed by atoms with E-state index in [2.05, 4.69) is 16.0 Å². The Morgan fingerprint density at radius 2 is 2.23 bits per heavy atom. The van der Waals surface area contributed by atoms with Crippen LogP contribution in [0.4, 0.5) is 10.5 Å². The number of anilines is 1. The lowest BCUT2D eigenvalue weighted by molar-refractivity contribution is 0.0950. The first-order chi connectivity index (χ1) is 10.0. The topological polar surface area (TPSA) is 73.5 Å². The third-order valence-electron chi connectivity index (χ3n) is 3.42. The molecule has 6 nitrogen and oxygen atoms in total. The molecular formula is C14H20Cl2N4O2. The maximum atomic E-state index is 12.2. The number of benzene rings is 1. The third kappa shape index (κ3) is 4.25. The molecule has 0 aromatic heterocycles. The first-order valence-corrected chi connectivity index (χ1v) is 7.21. The number of nitrogens with one attached hydrogen (secondary N) is 3. The van der Waals surface area contributed by atoms with Crippen molar-refractivity contribution in [2.75, 3.05) is 31.6 Å². The maximum absolute atomic E-state index is 12.2. The van der Waals surface area contributed by atoms with Gasteiger partial charge in [-0.3, -0.25) is 9.69 Å². The number of rotatable bonds is 5. The predicted octanol–water partition coefficient (Wildman–Crippen LogP) is 1.63. The summed E-state index contributed by atoms with van der Waals surface area (Å²) in [5.74, 6) is -0.247. The van der Waals surface area contributed by atoms with Crippen LogP contribution >= 0.6 is 24.0 Å². The fourth-order valence-electron chi connectivity index (χ4n) is 2.02. The van der Waals surface area contributed by atoms with Gasteiger partial charge in [-0.05, 0) is 32.2 Å². The number of nitrogens with zero attached hydrogens (tertiary/aromatic N) is 1. The quantitative estimate of drug-likeness (QED) is 0.758. The van der Waals surface area contributed by atoms with Crippen molar-refractivity contribution in [3.05, 3.63) is 28.8 Å². The molecule has 1 unspecified atom stereocenters. The van der Waals surface area contributed by atoms with E-state index in [4.69, 9.17) is 11.6 Å². The summed E-state index contributed by atoms with van der Waals surface area (Å²) in [7, 11) is 1.83. The number of hydrogen-bond acceptors (Lipinski definition) is 3. The molecule has 0 saturated carbocycles. The van der Waals surface area contributed by atoms with E-state index in [0.717, 1.165) is 0 Å². The Kier molecular flexibility index (Phi) is 6.93. The highest BCUT2D eigenvalue weighted by molar-refractivity contribution is 6.34. The molecule has 22 heavy (non-hydrogen) atoms. The Morgan fingerprint density at radius 1 is 1.50 bits per heavy atom. The average Bonchev–Trinajstić information content (AvgIpc) is 2.91. The highest BCUT2D eigenvalue weighted by Gasteiger charge is 2.22. The van der Waals surface area contributed by atoms with Crippen molar-refractivity contribution in [2.24, 2.45) is 0 Å². The summed E-state index contributed by atoms with van der Waals surface area (Å²) in [4.78, 5) is 25.4. The van der Waals surface area contributed by atoms with Crippen molar-refractivity contribution in [2.45, 2.75) is 13.0 Å². The molecule has 1 aliphatic heterocycles. The zero-order chi connectivity index (χ0) is 15.4. The van der Waals surface area contributed by atoms with E-state index >= 15 is 0 Å². The predicted molar refractivity (Wildman–Crippen MR) is 90.3 cm³/mol. The van der Waals surface area contributed by atoms with Gasteiger partial charge in [-0.2, -0.15) is 0 Å². The summed E-state index contributed by atoms with van der Waals surface area (Å²) in [5, 5.41) is 8.95. The number of hydrogen-bond donors (Lipinski definition) is 3. The van der Waals surface area contributed by atoms with Gasteiger partial charge in [0, 0.05) is 31.4 Å². The molecule has 1 saturated heterocycles. The van der Waals surface area contributed by atoms with Crippen molar-refractivity contribution >= 4 is 41.6 Å². The van der Waals surface area contributed by atoms with Gasteiger partial charge in [0.2, 0.25) is 0 Å². The fraction of sp³-hybridized carbons (Fsp3) is 0.429. The second-order valence-corrected chi connectivity index (χ2v) is 5.35. The van der Waals surface area contributed by atoms with Crippen LogP contribution in [0.5, 0.6) is 0 Å². The molecule has 3 N–H and O–H groups in total. The Morgan fingerprint density at radius 3 is 2.82 bits per heavy atom. The molecular weight excluding hydrogens is 327 g/mol. The lowest BCUT2D eigenvalue weighted by Crippen LogP contribution is -2.37. The molecule has 122 valence electrons. The van der Waals surface area contributed by atoms with Gasteiger partial charge >= 0.3 is 6.03 Å². The summed E-state index contributed by atoms with van der Waals surface area (Å²) in [6.07, 6.45) is 0. The normalized spacial score (nSPS) is 15.0. The van der Waals surface area contributed by atoms with Crippen LogP contribution in [0.25, 0.3) is 0 Å². The van der Waals surface area contributed by atoms with Crippen LogP contribution in [0.1, 0.15) is 17.3 Å². The van der Waals surface area contributed by atoms with E-state index < -0.39 is 0 Å². The summed E-state index contributed by atoms with van der Waals surface area (Å²) < 4.78 is 0. The molecule has 1 aromatic carbocycles. The Bertz CT molecular complexity index is 554. The van der Waals surface area contributed by atoms with Gasteiger partial charge in [0.15, 0.2) is 0 Å². The van der Waals surface area contributed by atoms with Crippen LogP contribution in [-0.4, -0.2) is 44.7 Å². The molecule has 1 atom stereocenters. The third-order valence-corrected chi connectivity index (χ3v) is 3.75. The summed E-state index contributed by atoms with van der Waals surface area (Å²) in [6.45, 7) is 3.65. The zero-order valence-corrected chi connectivity index (χ0v) is 14.1. The largest absolute Gasteiger partial charge is 0.350 e. The number of halogens is 2. The van der Waals surface area contributed by atoms with Crippen molar-refractivity contribution in [1.29, 1.82) is 0 Å². The van der Waals surface area contributed by atoms with Crippen molar-refractivity contribution in [1.82, 2.24) is 16.0 Å². The van der Waals surface area contributed by atoms with Gasteiger partial charge in [0.05, 0.1) is 10.6 Å². The number of likely N-dealkylation sites (N-methyl/N-ethyl adjacent to an activating group) is 1. The molecule has 0 radical (unpaired) electrons. The summed E-state index contributed by atoms with van der Waals surface area (Å²) in [5.41, 5.74) is 1.04. The van der Waals surface area contributed by atoms with Crippen LogP contribution < -0.4 is 20.9 Å². The van der Waals surface area contributed by atoms with E-state index in [1.54, 1.807) is 23.1 Å². The molecule has 0 aliphatic carbocycles. The molecule has 3 amide bonds. The monoisotopic (exact) mass is 346 g/mol. The lowest BCUT2D eigenvalue weighted by Gasteiger charge is -2.16. The van der Waals surface area contributed by atoms with Crippen LogP contribution in [0.15, 0.2) is 18.2 Å². The first-order valence-electron chi connectivity index (χ1n) is 6.83. The van der Waals surface area contributed by atoms with E-state index in [9.17, 15) is 9.59 Å². The zero-order valence-electron chi connectivity index (χ0n) is 12.5. The Balaban J connectivity index is 0.00000242. The van der Waals surface area contributed by atoms with Crippen molar-refractivity contribution in [3.63, 3.8) is 0 Å². The highest BCUT2D eigenvalue weighted by Crippen LogP contribution is 2.24. The lowest BCUT2D eigenvalue weighted by atomic mass is 10.1. The molecule has 0 spiro atoms. The SMILES string of the molecule is CNC(C)CNC(=O)c1cc(N2CCNC2=O)ccc1Cl.Cl. The van der Waals surface area contributed by atoms with E-state index in [-0.39, 0.29) is 30.4 Å². The molecule has 2 rings (SSSR count). The van der Waals surface area contributed by atoms with Crippen molar-refractivity contribution < 1.29 is 9.59 Å². The smallest absolute Gasteiger partial charge is 0.321 e. The van der Waals surface area contributed by atoms with Crippen LogP contribution in [-0.2, 0) is 0 Å². The number of amides is 3. The van der Waals surface area contributed by atoms with Gasteiger partial charge in [-0.15, -0.1) is 12.4 Å². The highest BCUT2D eigenvalue weighted by atomic mass is 35.5. The van der Waals surface area contributed by atoms with Crippen LogP contribution in [0.2, 0.25) is 5.02 Å². The first kappa shape index (κ1) is 18.5. The van der Waals surface area contributed by atoms with Gasteiger partial charge in [-0.1, -0.05) is 11.6 Å². The molecule has 8 heteroatoms. The molecule has 1 aliphatic rings. The molecule has 1 aromatic rings. The minimum absolute atomic E-state index is 0. The van der Waals surface area contributed by atoms with Gasteiger partial charge < -0.3 is 16.0 Å². The summed E-state index contributed by atoms with van der Waals surface area (Å²) >= 11 is 6.09. The van der Waals surface area contributed by atoms with Gasteiger partial charge in [-0.25, -0.2) is 4.79 Å². The fourth-order valence-corrected chi connectivity index (χ4v) is 2.22. The Labute approximate surface area is 141 Å². The Hall–Kier alpha value is -1.50. The van der Waals surface area contributed by atoms with Crippen LogP contribution in [0, 0.1) is 0 Å². The maximum Gasteiger partial charge on any atom is 0.321 e. The van der Waals surface area contributed by atoms with Gasteiger partial charge in [0.1, 0.15) is 0 Å². The van der Waals surface area contributed by atoms with E-state index in [1.165, 1.54) is 0 Å².